The van der Waals surface area contributed by atoms with Gasteiger partial charge in [-0.1, -0.05) is 212 Å². The monoisotopic (exact) mass is 1140 g/mol. The Hall–Kier alpha value is -10.8. The Morgan fingerprint density at radius 2 is 0.727 bits per heavy atom. The molecule has 2 spiro atoms. The highest BCUT2D eigenvalue weighted by molar-refractivity contribution is 7.18. The third-order valence-electron chi connectivity index (χ3n) is 19.9. The number of allylic oxidation sites excluding steroid dienone is 4. The first-order valence-electron chi connectivity index (χ1n) is 30.8. The lowest BCUT2D eigenvalue weighted by atomic mass is 9.70. The molecule has 19 rings (SSSR count). The van der Waals surface area contributed by atoms with Crippen LogP contribution in [0.15, 0.2) is 309 Å². The van der Waals surface area contributed by atoms with Crippen molar-refractivity contribution in [2.45, 2.75) is 23.7 Å². The van der Waals surface area contributed by atoms with Gasteiger partial charge in [0.1, 0.15) is 0 Å². The van der Waals surface area contributed by atoms with E-state index in [4.69, 9.17) is 0 Å². The zero-order valence-corrected chi connectivity index (χ0v) is 48.9. The van der Waals surface area contributed by atoms with Crippen LogP contribution >= 0.6 is 11.3 Å². The lowest BCUT2D eigenvalue weighted by molar-refractivity contribution is 0.793. The molecule has 5 aliphatic rings. The summed E-state index contributed by atoms with van der Waals surface area (Å²) in [6.07, 6.45) is 9.12. The summed E-state index contributed by atoms with van der Waals surface area (Å²) >= 11 is 1.83. The zero-order valence-electron chi connectivity index (χ0n) is 48.1. The Morgan fingerprint density at radius 3 is 1.16 bits per heavy atom. The van der Waals surface area contributed by atoms with Crippen molar-refractivity contribution in [3.8, 4) is 55.6 Å². The molecule has 0 fully saturated rings. The standard InChI is InChI=1S/C84H55N3S/c1-4-22-56(23-5-1)85(59-41-43-69-67-32-14-20-38-76(67)83(78(69)52-59)72-34-16-10-28-63(72)64-29-11-17-35-73(64)83)61-48-55(54-40-45-80-71(50-54)82-81(46-47-88-82)87(80)58-26-8-3-9-27-58)49-62(51-61)86(57-24-6-2-7-25-57)60-42-44-70-68-33-15-21-39-77(68)84(79(70)53-60)74-36-18-12-30-65(74)66-31-13-19-37-75(66)84/h1-2,4-8,10-53H,3,9H2. The third-order valence-corrected chi connectivity index (χ3v) is 20.8. The topological polar surface area (TPSA) is 11.4 Å². The second-order valence-corrected chi connectivity index (χ2v) is 25.0. The molecule has 5 aliphatic carbocycles. The van der Waals surface area contributed by atoms with Crippen LogP contribution in [0.25, 0.3) is 82.5 Å². The number of rotatable bonds is 8. The van der Waals surface area contributed by atoms with E-state index in [0.717, 1.165) is 58.1 Å². The molecule has 0 amide bonds. The Balaban J connectivity index is 0.871. The van der Waals surface area contributed by atoms with E-state index in [2.05, 4.69) is 323 Å². The van der Waals surface area contributed by atoms with Gasteiger partial charge in [0.05, 0.1) is 26.6 Å². The van der Waals surface area contributed by atoms with Gasteiger partial charge in [-0.3, -0.25) is 0 Å². The van der Waals surface area contributed by atoms with E-state index in [9.17, 15) is 0 Å². The van der Waals surface area contributed by atoms with Gasteiger partial charge in [-0.15, -0.1) is 11.3 Å². The normalized spacial score (nSPS) is 14.5. The van der Waals surface area contributed by atoms with Crippen LogP contribution in [0.5, 0.6) is 0 Å². The summed E-state index contributed by atoms with van der Waals surface area (Å²) in [5, 5.41) is 3.51. The van der Waals surface area contributed by atoms with Crippen molar-refractivity contribution in [1.29, 1.82) is 0 Å². The van der Waals surface area contributed by atoms with Gasteiger partial charge in [0.2, 0.25) is 0 Å². The van der Waals surface area contributed by atoms with Crippen LogP contribution in [-0.2, 0) is 10.8 Å². The van der Waals surface area contributed by atoms with Gasteiger partial charge in [0.15, 0.2) is 0 Å². The highest BCUT2D eigenvalue weighted by Gasteiger charge is 2.53. The minimum Gasteiger partial charge on any atom is -0.310 e. The van der Waals surface area contributed by atoms with E-state index in [1.165, 1.54) is 116 Å². The molecule has 12 aromatic carbocycles. The van der Waals surface area contributed by atoms with Crippen LogP contribution in [0.2, 0.25) is 0 Å². The first-order chi connectivity index (χ1) is 43.7. The maximum absolute atomic E-state index is 2.52. The van der Waals surface area contributed by atoms with Crippen LogP contribution in [-0.4, -0.2) is 4.57 Å². The van der Waals surface area contributed by atoms with Gasteiger partial charge in [0, 0.05) is 45.2 Å². The number of hydrogen-bond donors (Lipinski definition) is 0. The van der Waals surface area contributed by atoms with Crippen molar-refractivity contribution < 1.29 is 0 Å². The highest BCUT2D eigenvalue weighted by atomic mass is 32.1. The summed E-state index contributed by atoms with van der Waals surface area (Å²) in [4.78, 5) is 5.02. The van der Waals surface area contributed by atoms with Gasteiger partial charge in [-0.25, -0.2) is 0 Å². The van der Waals surface area contributed by atoms with Gasteiger partial charge < -0.3 is 14.4 Å². The van der Waals surface area contributed by atoms with E-state index in [-0.39, 0.29) is 0 Å². The van der Waals surface area contributed by atoms with Gasteiger partial charge >= 0.3 is 0 Å². The number of anilines is 6. The summed E-state index contributed by atoms with van der Waals surface area (Å²) in [7, 11) is 0. The molecule has 0 unspecified atom stereocenters. The first-order valence-corrected chi connectivity index (χ1v) is 31.7. The second kappa shape index (κ2) is 18.9. The maximum Gasteiger partial charge on any atom is 0.0726 e. The predicted molar refractivity (Wildman–Crippen MR) is 367 cm³/mol. The molecule has 0 radical (unpaired) electrons. The quantitative estimate of drug-likeness (QED) is 0.150. The summed E-state index contributed by atoms with van der Waals surface area (Å²) in [6, 6.07) is 108. The van der Waals surface area contributed by atoms with Gasteiger partial charge in [-0.2, -0.15) is 0 Å². The minimum atomic E-state index is -0.512. The molecule has 4 heteroatoms. The second-order valence-electron chi connectivity index (χ2n) is 24.1. The average molecular weight is 1140 g/mol. The van der Waals surface area contributed by atoms with Crippen molar-refractivity contribution >= 4 is 72.3 Å². The third kappa shape index (κ3) is 6.73. The van der Waals surface area contributed by atoms with Crippen molar-refractivity contribution in [3.63, 3.8) is 0 Å². The number of benzene rings is 12. The molecule has 0 saturated heterocycles. The Bertz CT molecular complexity index is 4930. The molecule has 88 heavy (non-hydrogen) atoms. The summed E-state index contributed by atoms with van der Waals surface area (Å²) in [6.45, 7) is 0. The number of aromatic nitrogens is 1. The zero-order chi connectivity index (χ0) is 57.7. The van der Waals surface area contributed by atoms with Crippen LogP contribution in [0.3, 0.4) is 0 Å². The van der Waals surface area contributed by atoms with Crippen molar-refractivity contribution in [3.05, 3.63) is 353 Å². The minimum absolute atomic E-state index is 0.512. The molecule has 412 valence electrons. The van der Waals surface area contributed by atoms with E-state index in [1.54, 1.807) is 0 Å². The largest absolute Gasteiger partial charge is 0.310 e. The Labute approximate surface area is 516 Å². The average Bonchev–Trinajstić information content (AvgIpc) is 1.53. The Morgan fingerprint density at radius 1 is 0.307 bits per heavy atom. The summed E-state index contributed by atoms with van der Waals surface area (Å²) in [5.74, 6) is 0. The molecule has 2 heterocycles. The molecule has 3 nitrogen and oxygen atoms in total. The first kappa shape index (κ1) is 49.5. The van der Waals surface area contributed by atoms with E-state index >= 15 is 0 Å². The van der Waals surface area contributed by atoms with E-state index < -0.39 is 10.8 Å². The van der Waals surface area contributed by atoms with Crippen molar-refractivity contribution in [2.24, 2.45) is 0 Å². The van der Waals surface area contributed by atoms with Crippen molar-refractivity contribution in [2.75, 3.05) is 9.80 Å². The lowest BCUT2D eigenvalue weighted by Crippen LogP contribution is -2.26. The molecule has 0 saturated carbocycles. The molecule has 0 N–H and O–H groups in total. The van der Waals surface area contributed by atoms with Crippen molar-refractivity contribution in [1.82, 2.24) is 4.57 Å². The molecular weight excluding hydrogens is 1080 g/mol. The molecule has 14 aromatic rings. The number of hydrogen-bond acceptors (Lipinski definition) is 3. The SMILES string of the molecule is C1=CC(n2c3ccc(-c4cc(N(c5ccccc5)c5ccc6c(c5)C5(c7ccccc7-c7ccccc75)c5ccccc5-6)cc(N(c5ccccc5)c5ccc6c(c5)C5(c7ccccc7-c7ccccc75)c5ccccc5-6)c4)cc3c3sccc32)=CCC1. The fourth-order valence-electron chi connectivity index (χ4n) is 16.5. The fourth-order valence-corrected chi connectivity index (χ4v) is 17.4. The molecule has 0 aliphatic heterocycles. The molecule has 0 atom stereocenters. The fraction of sp³-hybridized carbons (Fsp3) is 0.0476. The van der Waals surface area contributed by atoms with Crippen LogP contribution in [0.1, 0.15) is 57.3 Å². The van der Waals surface area contributed by atoms with Crippen LogP contribution in [0, 0.1) is 0 Å². The smallest absolute Gasteiger partial charge is 0.0726 e. The number of para-hydroxylation sites is 2. The predicted octanol–water partition coefficient (Wildman–Crippen LogP) is 22.3. The maximum atomic E-state index is 2.52. The molecular formula is C84H55N3S. The number of nitrogens with zero attached hydrogens (tertiary/aromatic N) is 3. The van der Waals surface area contributed by atoms with Crippen LogP contribution < -0.4 is 9.80 Å². The highest BCUT2D eigenvalue weighted by Crippen LogP contribution is 2.65. The Kier molecular flexibility index (Phi) is 10.6. The van der Waals surface area contributed by atoms with Gasteiger partial charge in [0.25, 0.3) is 0 Å². The molecule has 0 bridgehead atoms. The van der Waals surface area contributed by atoms with E-state index in [0.29, 0.717) is 0 Å². The van der Waals surface area contributed by atoms with E-state index in [1.807, 2.05) is 11.3 Å². The molecule has 2 aromatic heterocycles. The van der Waals surface area contributed by atoms with Crippen LogP contribution in [0.4, 0.5) is 34.1 Å². The summed E-state index contributed by atoms with van der Waals surface area (Å²) < 4.78 is 3.77. The number of fused-ring (bicyclic) bond motifs is 23. The lowest BCUT2D eigenvalue weighted by Gasteiger charge is -2.33. The summed E-state index contributed by atoms with van der Waals surface area (Å²) in [5.41, 5.74) is 32.3. The van der Waals surface area contributed by atoms with Gasteiger partial charge in [-0.05, 0) is 209 Å². The number of thiophene rings is 1.